The molecule has 326 valence electrons. The molecule has 8 nitrogen and oxygen atoms in total. The van der Waals surface area contributed by atoms with Crippen molar-refractivity contribution in [3.8, 4) is 62.5 Å². The Morgan fingerprint density at radius 2 is 0.957 bits per heavy atom. The minimum atomic E-state index is 0.535. The highest BCUT2D eigenvalue weighted by Gasteiger charge is 2.39. The summed E-state index contributed by atoms with van der Waals surface area (Å²) in [5.74, 6) is 3.23. The van der Waals surface area contributed by atoms with Crippen molar-refractivity contribution in [2.75, 3.05) is 4.90 Å². The molecule has 0 unspecified atom stereocenters. The van der Waals surface area contributed by atoms with Crippen LogP contribution in [-0.2, 0) is 0 Å². The van der Waals surface area contributed by atoms with Crippen molar-refractivity contribution >= 4 is 93.6 Å². The highest BCUT2D eigenvalue weighted by Crippen LogP contribution is 2.63. The molecule has 0 radical (unpaired) electrons. The third kappa shape index (κ3) is 5.18. The fraction of sp³-hybridized carbons (Fsp3) is 0. The molecule has 14 aromatic rings. The highest BCUT2D eigenvalue weighted by molar-refractivity contribution is 6.17. The largest absolute Gasteiger partial charge is 0.455 e. The van der Waals surface area contributed by atoms with Gasteiger partial charge in [-0.3, -0.25) is 9.47 Å². The zero-order chi connectivity index (χ0) is 45.6. The Morgan fingerprint density at radius 3 is 1.64 bits per heavy atom. The van der Waals surface area contributed by atoms with Crippen molar-refractivity contribution in [1.29, 1.82) is 0 Å². The maximum atomic E-state index is 7.41. The number of para-hydroxylation sites is 6. The fourth-order valence-corrected chi connectivity index (χ4v) is 11.1. The summed E-state index contributed by atoms with van der Waals surface area (Å²) in [7, 11) is 0. The molecule has 6 heterocycles. The van der Waals surface area contributed by atoms with Crippen LogP contribution in [0.3, 0.4) is 0 Å². The number of nitrogens with zero attached hydrogens (tertiary/aromatic N) is 4. The van der Waals surface area contributed by atoms with Gasteiger partial charge in [-0.1, -0.05) is 152 Å². The molecule has 70 heavy (non-hydrogen) atoms. The van der Waals surface area contributed by atoms with Crippen LogP contribution in [-0.4, -0.2) is 14.5 Å². The van der Waals surface area contributed by atoms with E-state index < -0.39 is 0 Å². The van der Waals surface area contributed by atoms with Gasteiger partial charge >= 0.3 is 0 Å². The van der Waals surface area contributed by atoms with E-state index in [9.17, 15) is 0 Å². The third-order valence-corrected chi connectivity index (χ3v) is 14.2. The van der Waals surface area contributed by atoms with E-state index in [1.165, 1.54) is 0 Å². The Bertz CT molecular complexity index is 4550. The zero-order valence-corrected chi connectivity index (χ0v) is 37.1. The van der Waals surface area contributed by atoms with Crippen LogP contribution in [0.25, 0.3) is 116 Å². The van der Waals surface area contributed by atoms with E-state index >= 15 is 0 Å². The highest BCUT2D eigenvalue weighted by atomic mass is 16.5. The van der Waals surface area contributed by atoms with Gasteiger partial charge in [0.15, 0.2) is 23.0 Å². The van der Waals surface area contributed by atoms with Crippen LogP contribution in [0.2, 0.25) is 0 Å². The Balaban J connectivity index is 0.960. The molecule has 2 aliphatic rings. The summed E-state index contributed by atoms with van der Waals surface area (Å²) in [5.41, 5.74) is 14.3. The predicted molar refractivity (Wildman–Crippen MR) is 280 cm³/mol. The van der Waals surface area contributed by atoms with Gasteiger partial charge in [0, 0.05) is 54.4 Å². The molecule has 10 aromatic carbocycles. The minimum absolute atomic E-state index is 0.535. The topological polar surface area (TPSA) is 78.7 Å². The third-order valence-electron chi connectivity index (χ3n) is 14.2. The molecule has 8 heteroatoms. The Kier molecular flexibility index (Phi) is 7.46. The number of anilines is 3. The number of ether oxygens (including phenoxy) is 2. The van der Waals surface area contributed by atoms with Gasteiger partial charge in [0.05, 0.1) is 28.1 Å². The van der Waals surface area contributed by atoms with Gasteiger partial charge in [-0.05, 0) is 65.7 Å². The van der Waals surface area contributed by atoms with E-state index in [1.807, 2.05) is 54.6 Å². The van der Waals surface area contributed by atoms with E-state index in [0.717, 1.165) is 127 Å². The molecule has 0 N–H and O–H groups in total. The summed E-state index contributed by atoms with van der Waals surface area (Å²) in [6, 6.07) is 71.0. The second-order valence-electron chi connectivity index (χ2n) is 18.0. The van der Waals surface area contributed by atoms with Crippen molar-refractivity contribution in [1.82, 2.24) is 14.5 Å². The molecule has 0 saturated carbocycles. The molecule has 0 saturated heterocycles. The average Bonchev–Trinajstić information content (AvgIpc) is 4.10. The summed E-state index contributed by atoms with van der Waals surface area (Å²) < 4.78 is 29.8. The first-order valence-corrected chi connectivity index (χ1v) is 23.4. The van der Waals surface area contributed by atoms with Crippen LogP contribution in [0.1, 0.15) is 0 Å². The van der Waals surface area contributed by atoms with E-state index in [1.54, 1.807) is 0 Å². The standard InChI is InChI=1S/C62H34N4O4/c1-2-14-35(15-3-1)56-45-19-4-8-24-47(45)63-62(64-56)66-48-25-9-5-16-40(48)46-34-55-58-61(57(46)66)70-54-33-37(39-21-13-23-44-42-18-7-11-27-52(42)69-60(39)44)29-31-50(54)65(58)49-30-28-36(32-53(49)67-55)38-20-12-22-43-41-17-6-10-26-51(41)68-59(38)43/h1-34H. The summed E-state index contributed by atoms with van der Waals surface area (Å²) in [6.07, 6.45) is 0. The van der Waals surface area contributed by atoms with Crippen LogP contribution in [0.4, 0.5) is 17.1 Å². The van der Waals surface area contributed by atoms with Gasteiger partial charge in [0.1, 0.15) is 33.5 Å². The number of hydrogen-bond acceptors (Lipinski definition) is 7. The van der Waals surface area contributed by atoms with Gasteiger partial charge in [0.2, 0.25) is 5.95 Å². The van der Waals surface area contributed by atoms with E-state index in [0.29, 0.717) is 28.9 Å². The van der Waals surface area contributed by atoms with Crippen molar-refractivity contribution in [3.05, 3.63) is 206 Å². The normalized spacial score (nSPS) is 12.8. The second kappa shape index (κ2) is 13.9. The average molecular weight is 899 g/mol. The van der Waals surface area contributed by atoms with E-state index in [2.05, 4.69) is 161 Å². The van der Waals surface area contributed by atoms with Crippen molar-refractivity contribution < 1.29 is 18.3 Å². The van der Waals surface area contributed by atoms with Crippen LogP contribution >= 0.6 is 0 Å². The van der Waals surface area contributed by atoms with Crippen molar-refractivity contribution in [3.63, 3.8) is 0 Å². The summed E-state index contributed by atoms with van der Waals surface area (Å²) in [6.45, 7) is 0. The molecule has 0 aliphatic carbocycles. The fourth-order valence-electron chi connectivity index (χ4n) is 11.1. The first kappa shape index (κ1) is 37.4. The number of furan rings is 2. The zero-order valence-electron chi connectivity index (χ0n) is 37.1. The second-order valence-corrected chi connectivity index (χ2v) is 18.0. The molecule has 0 atom stereocenters. The molecule has 0 bridgehead atoms. The lowest BCUT2D eigenvalue weighted by atomic mass is 9.98. The number of benzene rings is 10. The van der Waals surface area contributed by atoms with Crippen LogP contribution in [0.15, 0.2) is 215 Å². The summed E-state index contributed by atoms with van der Waals surface area (Å²) in [4.78, 5) is 13.0. The molecule has 2 aliphatic heterocycles. The molecular weight excluding hydrogens is 865 g/mol. The van der Waals surface area contributed by atoms with Crippen molar-refractivity contribution in [2.45, 2.75) is 0 Å². The molecule has 16 rings (SSSR count). The molecular formula is C62H34N4O4. The summed E-state index contributed by atoms with van der Waals surface area (Å²) >= 11 is 0. The lowest BCUT2D eigenvalue weighted by Gasteiger charge is -2.38. The van der Waals surface area contributed by atoms with Gasteiger partial charge in [-0.15, -0.1) is 0 Å². The Labute approximate surface area is 398 Å². The SMILES string of the molecule is c1ccc(-c2nc(-n3c4ccccc4c4cc5c6c(c43)Oc3cc(-c4cccc7c4oc4ccccc47)ccc3N6c3ccc(-c4cccc6c4oc4ccccc46)cc3O5)nc3ccccc23)cc1. The maximum Gasteiger partial charge on any atom is 0.235 e. The maximum absolute atomic E-state index is 7.41. The molecule has 0 amide bonds. The van der Waals surface area contributed by atoms with Crippen LogP contribution < -0.4 is 14.4 Å². The first-order valence-electron chi connectivity index (χ1n) is 23.4. The summed E-state index contributed by atoms with van der Waals surface area (Å²) in [5, 5.41) is 7.24. The molecule has 0 fully saturated rings. The minimum Gasteiger partial charge on any atom is -0.455 e. The van der Waals surface area contributed by atoms with E-state index in [-0.39, 0.29) is 0 Å². The van der Waals surface area contributed by atoms with Gasteiger partial charge in [-0.2, -0.15) is 0 Å². The van der Waals surface area contributed by atoms with Gasteiger partial charge in [-0.25, -0.2) is 9.97 Å². The Hall–Kier alpha value is -9.66. The van der Waals surface area contributed by atoms with Crippen molar-refractivity contribution in [2.24, 2.45) is 0 Å². The lowest BCUT2D eigenvalue weighted by Crippen LogP contribution is -2.21. The Morgan fingerprint density at radius 1 is 0.386 bits per heavy atom. The molecule has 4 aromatic heterocycles. The predicted octanol–water partition coefficient (Wildman–Crippen LogP) is 17.2. The number of rotatable bonds is 4. The number of fused-ring (bicyclic) bond motifs is 15. The smallest absolute Gasteiger partial charge is 0.235 e. The van der Waals surface area contributed by atoms with Crippen LogP contribution in [0.5, 0.6) is 23.0 Å². The number of hydrogen-bond donors (Lipinski definition) is 0. The lowest BCUT2D eigenvalue weighted by molar-refractivity contribution is 0.449. The quantitative estimate of drug-likeness (QED) is 0.174. The monoisotopic (exact) mass is 898 g/mol. The van der Waals surface area contributed by atoms with E-state index in [4.69, 9.17) is 28.3 Å². The first-order chi connectivity index (χ1) is 34.7. The molecule has 0 spiro atoms. The van der Waals surface area contributed by atoms with Gasteiger partial charge < -0.3 is 18.3 Å². The van der Waals surface area contributed by atoms with Crippen LogP contribution in [0, 0.1) is 0 Å². The van der Waals surface area contributed by atoms with Gasteiger partial charge in [0.25, 0.3) is 0 Å². The number of aromatic nitrogens is 3.